The molecule has 3 rings (SSSR count). The molecule has 0 aliphatic heterocycles. The number of benzene rings is 2. The van der Waals surface area contributed by atoms with Crippen LogP contribution in [0.3, 0.4) is 0 Å². The van der Waals surface area contributed by atoms with Crippen LogP contribution < -0.4 is 4.74 Å². The van der Waals surface area contributed by atoms with Crippen molar-refractivity contribution in [3.63, 3.8) is 0 Å². The summed E-state index contributed by atoms with van der Waals surface area (Å²) < 4.78 is 4.23. The minimum absolute atomic E-state index is 0.107. The number of para-hydroxylation sites is 1. The Bertz CT molecular complexity index is 929. The summed E-state index contributed by atoms with van der Waals surface area (Å²) in [4.78, 5) is 8.64. The largest absolute Gasteiger partial charge is 0.477 e. The number of fused-ring (bicyclic) bond motifs is 1. The van der Waals surface area contributed by atoms with Crippen molar-refractivity contribution >= 4 is 45.7 Å². The molecule has 0 aliphatic rings. The first kappa shape index (κ1) is 20.2. The van der Waals surface area contributed by atoms with E-state index in [0.717, 1.165) is 11.8 Å². The first-order chi connectivity index (χ1) is 12.6. The fourth-order valence-electron chi connectivity index (χ4n) is 2.72. The summed E-state index contributed by atoms with van der Waals surface area (Å²) in [6.07, 6.45) is 0.756. The fourth-order valence-corrected chi connectivity index (χ4v) is 2.97. The number of aromatic nitrogens is 2. The Morgan fingerprint density at radius 1 is 0.889 bits per heavy atom. The van der Waals surface area contributed by atoms with Crippen LogP contribution in [0.1, 0.15) is 37.7 Å². The van der Waals surface area contributed by atoms with Gasteiger partial charge in [0.2, 0.25) is 9.67 Å². The fraction of sp³-hybridized carbons (Fsp3) is 0.333. The quantitative estimate of drug-likeness (QED) is 0.457. The van der Waals surface area contributed by atoms with Crippen LogP contribution in [-0.2, 0) is 15.6 Å². The third-order valence-electron chi connectivity index (χ3n) is 4.27. The van der Waals surface area contributed by atoms with Gasteiger partial charge in [0.1, 0.15) is 0 Å². The van der Waals surface area contributed by atoms with Gasteiger partial charge in [0, 0.05) is 6.42 Å². The highest BCUT2D eigenvalue weighted by Crippen LogP contribution is 2.38. The van der Waals surface area contributed by atoms with Crippen molar-refractivity contribution in [3.05, 3.63) is 65.5 Å². The second-order valence-corrected chi connectivity index (χ2v) is 9.69. The normalized spacial score (nSPS) is 12.4. The van der Waals surface area contributed by atoms with Crippen LogP contribution in [0.4, 0.5) is 0 Å². The highest BCUT2D eigenvalue weighted by atomic mass is 35.6. The molecule has 0 aliphatic carbocycles. The predicted octanol–water partition coefficient (Wildman–Crippen LogP) is 6.38. The Morgan fingerprint density at radius 3 is 2.19 bits per heavy atom. The molecule has 0 bridgehead atoms. The molecule has 6 heteroatoms. The molecule has 142 valence electrons. The Balaban J connectivity index is 1.77. The van der Waals surface area contributed by atoms with Crippen molar-refractivity contribution in [2.24, 2.45) is 0 Å². The van der Waals surface area contributed by atoms with Gasteiger partial charge in [-0.1, -0.05) is 92.0 Å². The zero-order valence-electron chi connectivity index (χ0n) is 15.5. The van der Waals surface area contributed by atoms with Crippen LogP contribution in [0, 0.1) is 0 Å². The van der Waals surface area contributed by atoms with E-state index in [1.54, 1.807) is 0 Å². The maximum atomic E-state index is 5.96. The molecule has 0 atom stereocenters. The summed E-state index contributed by atoms with van der Waals surface area (Å²) in [6.45, 7) is 7.07. The lowest BCUT2D eigenvalue weighted by molar-refractivity contribution is 0.312. The zero-order valence-corrected chi connectivity index (χ0v) is 17.7. The molecular formula is C21H21Cl3N2O. The van der Waals surface area contributed by atoms with Crippen LogP contribution in [0.5, 0.6) is 5.88 Å². The average Bonchev–Trinajstić information content (AvgIpc) is 2.60. The van der Waals surface area contributed by atoms with E-state index in [9.17, 15) is 0 Å². The maximum Gasteiger partial charge on any atom is 0.250 e. The summed E-state index contributed by atoms with van der Waals surface area (Å²) in [5.41, 5.74) is 3.32. The van der Waals surface area contributed by atoms with Gasteiger partial charge in [-0.15, -0.1) is 0 Å². The van der Waals surface area contributed by atoms with Crippen LogP contribution in [0.25, 0.3) is 10.9 Å². The minimum Gasteiger partial charge on any atom is -0.477 e. The number of hydrogen-bond acceptors (Lipinski definition) is 3. The van der Waals surface area contributed by atoms with E-state index >= 15 is 0 Å². The second-order valence-electron chi connectivity index (χ2n) is 7.41. The molecule has 0 unspecified atom stereocenters. The molecule has 1 heterocycles. The summed E-state index contributed by atoms with van der Waals surface area (Å²) in [6, 6.07) is 16.1. The molecule has 27 heavy (non-hydrogen) atoms. The van der Waals surface area contributed by atoms with Crippen molar-refractivity contribution in [2.45, 2.75) is 36.4 Å². The molecule has 0 radical (unpaired) electrons. The van der Waals surface area contributed by atoms with Crippen LogP contribution >= 0.6 is 34.8 Å². The summed E-state index contributed by atoms with van der Waals surface area (Å²) in [5.74, 6) is 0.531. The summed E-state index contributed by atoms with van der Waals surface area (Å²) in [5, 5.41) is 0.790. The van der Waals surface area contributed by atoms with Crippen molar-refractivity contribution in [1.82, 2.24) is 9.97 Å². The van der Waals surface area contributed by atoms with Gasteiger partial charge < -0.3 is 4.74 Å². The molecule has 0 fully saturated rings. The van der Waals surface area contributed by atoms with E-state index in [2.05, 4.69) is 55.0 Å². The lowest BCUT2D eigenvalue weighted by atomic mass is 9.86. The molecule has 3 aromatic rings. The Kier molecular flexibility index (Phi) is 5.85. The smallest absolute Gasteiger partial charge is 0.250 e. The van der Waals surface area contributed by atoms with E-state index in [-0.39, 0.29) is 11.2 Å². The van der Waals surface area contributed by atoms with Gasteiger partial charge in [-0.05, 0) is 28.7 Å². The highest BCUT2D eigenvalue weighted by Gasteiger charge is 2.28. The van der Waals surface area contributed by atoms with E-state index in [4.69, 9.17) is 39.5 Å². The van der Waals surface area contributed by atoms with Crippen molar-refractivity contribution in [2.75, 3.05) is 6.61 Å². The van der Waals surface area contributed by atoms with Gasteiger partial charge in [-0.3, -0.25) is 0 Å². The molecular weight excluding hydrogens is 403 g/mol. The number of halogens is 3. The monoisotopic (exact) mass is 422 g/mol. The third-order valence-corrected chi connectivity index (χ3v) is 4.78. The van der Waals surface area contributed by atoms with Crippen LogP contribution in [-0.4, -0.2) is 16.6 Å². The Hall–Kier alpha value is -1.55. The van der Waals surface area contributed by atoms with Crippen LogP contribution in [0.2, 0.25) is 0 Å². The molecule has 0 saturated carbocycles. The number of rotatable bonds is 4. The molecule has 0 saturated heterocycles. The predicted molar refractivity (Wildman–Crippen MR) is 113 cm³/mol. The Labute approximate surface area is 174 Å². The molecule has 0 N–H and O–H groups in total. The Morgan fingerprint density at radius 2 is 1.56 bits per heavy atom. The number of ether oxygens (including phenoxy) is 1. The maximum absolute atomic E-state index is 5.96. The second kappa shape index (κ2) is 7.83. The lowest BCUT2D eigenvalue weighted by Gasteiger charge is -2.19. The van der Waals surface area contributed by atoms with Gasteiger partial charge in [-0.2, -0.15) is 4.98 Å². The van der Waals surface area contributed by atoms with Gasteiger partial charge in [-0.25, -0.2) is 4.98 Å². The number of hydrogen-bond donors (Lipinski definition) is 0. The molecule has 0 amide bonds. The molecule has 1 aromatic heterocycles. The topological polar surface area (TPSA) is 35.0 Å². The summed E-state index contributed by atoms with van der Waals surface area (Å²) >= 11 is 17.9. The molecule has 2 aromatic carbocycles. The van der Waals surface area contributed by atoms with Gasteiger partial charge in [0.25, 0.3) is 0 Å². The van der Waals surface area contributed by atoms with E-state index < -0.39 is 3.79 Å². The lowest BCUT2D eigenvalue weighted by Crippen LogP contribution is -2.12. The van der Waals surface area contributed by atoms with Crippen molar-refractivity contribution < 1.29 is 4.74 Å². The van der Waals surface area contributed by atoms with Crippen molar-refractivity contribution in [3.8, 4) is 5.88 Å². The van der Waals surface area contributed by atoms with Crippen LogP contribution in [0.15, 0.2) is 48.5 Å². The highest BCUT2D eigenvalue weighted by molar-refractivity contribution is 6.66. The standard InChI is InChI=1S/C21H21Cl3N2O/c1-20(2,3)15-10-8-14(9-11-15)12-13-27-18-16-6-4-5-7-17(16)25-19(26-18)21(22,23)24/h4-11H,12-13H2,1-3H3. The summed E-state index contributed by atoms with van der Waals surface area (Å²) in [7, 11) is 0. The number of alkyl halides is 3. The van der Waals surface area contributed by atoms with Gasteiger partial charge >= 0.3 is 0 Å². The van der Waals surface area contributed by atoms with E-state index in [1.165, 1.54) is 11.1 Å². The number of nitrogens with zero attached hydrogens (tertiary/aromatic N) is 2. The van der Waals surface area contributed by atoms with Gasteiger partial charge in [0.15, 0.2) is 5.82 Å². The SMILES string of the molecule is CC(C)(C)c1ccc(CCOc2nc(C(Cl)(Cl)Cl)nc3ccccc23)cc1. The minimum atomic E-state index is -1.70. The third kappa shape index (κ3) is 5.04. The van der Waals surface area contributed by atoms with E-state index in [1.807, 2.05) is 24.3 Å². The van der Waals surface area contributed by atoms with Gasteiger partial charge in [0.05, 0.1) is 17.5 Å². The van der Waals surface area contributed by atoms with E-state index in [0.29, 0.717) is 18.0 Å². The van der Waals surface area contributed by atoms with Crippen molar-refractivity contribution in [1.29, 1.82) is 0 Å². The first-order valence-corrected chi connectivity index (χ1v) is 9.84. The first-order valence-electron chi connectivity index (χ1n) is 8.71. The zero-order chi connectivity index (χ0) is 19.7. The average molecular weight is 424 g/mol. The molecule has 0 spiro atoms. The molecule has 3 nitrogen and oxygen atoms in total.